The summed E-state index contributed by atoms with van der Waals surface area (Å²) in [6.07, 6.45) is 2.79. The van der Waals surface area contributed by atoms with Crippen LogP contribution in [0.25, 0.3) is 11.0 Å². The van der Waals surface area contributed by atoms with Crippen molar-refractivity contribution in [2.45, 2.75) is 10.8 Å². The van der Waals surface area contributed by atoms with Crippen molar-refractivity contribution in [2.75, 3.05) is 11.4 Å². The molecule has 1 aromatic heterocycles. The maximum absolute atomic E-state index is 14.2. The van der Waals surface area contributed by atoms with Crippen LogP contribution in [0.15, 0.2) is 78.0 Å². The molecule has 3 aromatic carbocycles. The number of carbonyl (C=O) groups is 1. The van der Waals surface area contributed by atoms with Crippen LogP contribution in [-0.4, -0.2) is 31.0 Å². The topological polar surface area (TPSA) is 115 Å². The van der Waals surface area contributed by atoms with Gasteiger partial charge in [0.05, 0.1) is 16.8 Å². The number of fused-ring (bicyclic) bond motifs is 1. The summed E-state index contributed by atoms with van der Waals surface area (Å²) < 4.78 is 56.7. The first-order valence-electron chi connectivity index (χ1n) is 9.78. The van der Waals surface area contributed by atoms with Gasteiger partial charge in [-0.05, 0) is 41.5 Å². The Morgan fingerprint density at radius 1 is 1.00 bits per heavy atom. The molecule has 0 aliphatic carbocycles. The van der Waals surface area contributed by atoms with Crippen LogP contribution >= 0.6 is 0 Å². The van der Waals surface area contributed by atoms with E-state index in [9.17, 15) is 22.0 Å². The van der Waals surface area contributed by atoms with Gasteiger partial charge < -0.3 is 5.73 Å². The average molecular weight is 468 g/mol. The Hall–Kier alpha value is -3.92. The van der Waals surface area contributed by atoms with Gasteiger partial charge in [-0.15, -0.1) is 0 Å². The van der Waals surface area contributed by atoms with Crippen LogP contribution < -0.4 is 10.5 Å². The molecule has 33 heavy (non-hydrogen) atoms. The quantitative estimate of drug-likeness (QED) is 0.428. The molecule has 1 unspecified atom stereocenters. The third-order valence-electron chi connectivity index (χ3n) is 5.15. The first kappa shape index (κ1) is 22.3. The zero-order chi connectivity index (χ0) is 23.6. The number of sulfonamides is 1. The van der Waals surface area contributed by atoms with E-state index in [0.717, 1.165) is 0 Å². The second-order valence-electron chi connectivity index (χ2n) is 7.18. The van der Waals surface area contributed by atoms with Crippen molar-refractivity contribution < 1.29 is 22.0 Å². The highest BCUT2D eigenvalue weighted by molar-refractivity contribution is 7.93. The number of carbonyl (C=O) groups excluding carboxylic acids is 1. The van der Waals surface area contributed by atoms with Crippen LogP contribution in [-0.2, 0) is 10.0 Å². The van der Waals surface area contributed by atoms with E-state index < -0.39 is 34.3 Å². The van der Waals surface area contributed by atoms with E-state index >= 15 is 0 Å². The lowest BCUT2D eigenvalue weighted by Gasteiger charge is -2.21. The molecule has 3 N–H and O–H groups in total. The van der Waals surface area contributed by atoms with Crippen molar-refractivity contribution in [2.24, 2.45) is 5.73 Å². The normalized spacial score (nSPS) is 12.4. The number of hydrogen-bond donors (Lipinski definition) is 2. The minimum absolute atomic E-state index is 0.131. The molecule has 7 nitrogen and oxygen atoms in total. The molecule has 1 amide bonds. The summed E-state index contributed by atoms with van der Waals surface area (Å²) in [4.78, 5) is 20.2. The summed E-state index contributed by atoms with van der Waals surface area (Å²) in [5.74, 6) is -2.38. The lowest BCUT2D eigenvalue weighted by molar-refractivity contribution is 0.100. The molecule has 0 spiro atoms. The molecule has 1 atom stereocenters. The van der Waals surface area contributed by atoms with Crippen LogP contribution in [0.1, 0.15) is 27.4 Å². The molecule has 168 valence electrons. The van der Waals surface area contributed by atoms with Crippen LogP contribution in [0.4, 0.5) is 14.5 Å². The third kappa shape index (κ3) is 4.37. The fourth-order valence-electron chi connectivity index (χ4n) is 3.60. The summed E-state index contributed by atoms with van der Waals surface area (Å²) >= 11 is 0. The van der Waals surface area contributed by atoms with Gasteiger partial charge in [0, 0.05) is 18.3 Å². The Bertz CT molecular complexity index is 1440. The van der Waals surface area contributed by atoms with E-state index in [0.29, 0.717) is 11.1 Å². The predicted molar refractivity (Wildman–Crippen MR) is 120 cm³/mol. The number of halogens is 2. The molecule has 0 fully saturated rings. The number of nitrogens with one attached hydrogen (secondary N) is 1. The fourth-order valence-corrected chi connectivity index (χ4v) is 4.88. The number of aromatic nitrogens is 2. The van der Waals surface area contributed by atoms with E-state index in [4.69, 9.17) is 5.73 Å². The highest BCUT2D eigenvalue weighted by atomic mass is 32.2. The smallest absolute Gasteiger partial charge is 0.264 e. The maximum Gasteiger partial charge on any atom is 0.264 e. The second kappa shape index (κ2) is 8.91. The molecule has 0 aliphatic heterocycles. The number of nitrogens with zero attached hydrogens (tertiary/aromatic N) is 2. The van der Waals surface area contributed by atoms with Gasteiger partial charge >= 0.3 is 0 Å². The van der Waals surface area contributed by atoms with Crippen molar-refractivity contribution in [1.82, 2.24) is 9.97 Å². The monoisotopic (exact) mass is 468 g/mol. The summed E-state index contributed by atoms with van der Waals surface area (Å²) in [5, 5.41) is 0. The van der Waals surface area contributed by atoms with Gasteiger partial charge in [0.2, 0.25) is 0 Å². The summed E-state index contributed by atoms with van der Waals surface area (Å²) in [6, 6.07) is 13.9. The number of para-hydroxylation sites is 2. The minimum atomic E-state index is -4.29. The van der Waals surface area contributed by atoms with Gasteiger partial charge in [0.1, 0.15) is 22.9 Å². The number of hydrogen-bond acceptors (Lipinski definition) is 5. The molecular weight excluding hydrogens is 450 g/mol. The van der Waals surface area contributed by atoms with Crippen LogP contribution in [0.5, 0.6) is 0 Å². The largest absolute Gasteiger partial charge is 0.366 e. The van der Waals surface area contributed by atoms with E-state index in [-0.39, 0.29) is 27.2 Å². The number of nitrogens with two attached hydrogens (primary N) is 1. The Balaban J connectivity index is 1.87. The minimum Gasteiger partial charge on any atom is -0.366 e. The summed E-state index contributed by atoms with van der Waals surface area (Å²) in [6.45, 7) is -0.928. The molecule has 0 aliphatic rings. The Kier molecular flexibility index (Phi) is 6.01. The molecular formula is C23H18F2N4O3S. The van der Waals surface area contributed by atoms with E-state index in [2.05, 4.69) is 14.7 Å². The average Bonchev–Trinajstić information content (AvgIpc) is 2.81. The highest BCUT2D eigenvalue weighted by Crippen LogP contribution is 2.35. The van der Waals surface area contributed by atoms with Crippen LogP contribution in [0, 0.1) is 5.82 Å². The predicted octanol–water partition coefficient (Wildman–Crippen LogP) is 3.77. The van der Waals surface area contributed by atoms with E-state index in [1.807, 2.05) is 0 Å². The van der Waals surface area contributed by atoms with E-state index in [1.54, 1.807) is 6.07 Å². The van der Waals surface area contributed by atoms with Gasteiger partial charge in [-0.2, -0.15) is 0 Å². The van der Waals surface area contributed by atoms with Crippen LogP contribution in [0.3, 0.4) is 0 Å². The summed E-state index contributed by atoms with van der Waals surface area (Å²) in [5.41, 5.74) is 6.27. The lowest BCUT2D eigenvalue weighted by atomic mass is 9.89. The SMILES string of the molecule is NC(=O)c1cccc(C(CF)c2ccc(F)cc2)c1NS(=O)(=O)c1cccc2nccnc12. The second-order valence-corrected chi connectivity index (χ2v) is 8.83. The number of alkyl halides is 1. The first-order chi connectivity index (χ1) is 15.8. The van der Waals surface area contributed by atoms with Crippen LogP contribution in [0.2, 0.25) is 0 Å². The first-order valence-corrected chi connectivity index (χ1v) is 11.3. The standard InChI is InChI=1S/C23H18F2N4O3S/c24-13-18(14-7-9-15(25)10-8-14)16-3-1-4-17(23(26)30)21(16)29-33(31,32)20-6-2-5-19-22(20)28-12-11-27-19/h1-12,18,29H,13H2,(H2,26,30). The highest BCUT2D eigenvalue weighted by Gasteiger charge is 2.26. The maximum atomic E-state index is 14.2. The van der Waals surface area contributed by atoms with Gasteiger partial charge in [-0.25, -0.2) is 12.8 Å². The van der Waals surface area contributed by atoms with Gasteiger partial charge in [-0.3, -0.25) is 23.9 Å². The Morgan fingerprint density at radius 2 is 1.70 bits per heavy atom. The third-order valence-corrected chi connectivity index (χ3v) is 6.53. The van der Waals surface area contributed by atoms with Gasteiger partial charge in [0.25, 0.3) is 15.9 Å². The number of benzene rings is 3. The van der Waals surface area contributed by atoms with Crippen molar-refractivity contribution in [3.8, 4) is 0 Å². The van der Waals surface area contributed by atoms with Crippen molar-refractivity contribution in [1.29, 1.82) is 0 Å². The molecule has 4 aromatic rings. The molecule has 1 heterocycles. The van der Waals surface area contributed by atoms with Crippen molar-refractivity contribution in [3.63, 3.8) is 0 Å². The molecule has 0 bridgehead atoms. The zero-order valence-corrected chi connectivity index (χ0v) is 17.9. The molecule has 4 rings (SSSR count). The number of amides is 1. The fraction of sp³-hybridized carbons (Fsp3) is 0.0870. The molecule has 10 heteroatoms. The Morgan fingerprint density at radius 3 is 2.39 bits per heavy atom. The number of anilines is 1. The van der Waals surface area contributed by atoms with E-state index in [1.165, 1.54) is 67.0 Å². The van der Waals surface area contributed by atoms with Gasteiger partial charge in [-0.1, -0.05) is 30.3 Å². The molecule has 0 radical (unpaired) electrons. The number of primary amides is 1. The number of rotatable bonds is 7. The van der Waals surface area contributed by atoms with Crippen molar-refractivity contribution in [3.05, 3.63) is 95.6 Å². The van der Waals surface area contributed by atoms with Gasteiger partial charge in [0.15, 0.2) is 0 Å². The lowest BCUT2D eigenvalue weighted by Crippen LogP contribution is -2.21. The van der Waals surface area contributed by atoms with Crippen molar-refractivity contribution >= 4 is 32.7 Å². The zero-order valence-electron chi connectivity index (χ0n) is 17.1. The summed E-state index contributed by atoms with van der Waals surface area (Å²) in [7, 11) is -4.29. The molecule has 0 saturated heterocycles. The Labute approximate surface area is 188 Å². The molecule has 0 saturated carbocycles.